The van der Waals surface area contributed by atoms with E-state index in [-0.39, 0.29) is 74.6 Å². The molecule has 1 atom stereocenters. The van der Waals surface area contributed by atoms with Gasteiger partial charge in [-0.1, -0.05) is 73.6 Å². The van der Waals surface area contributed by atoms with Crippen LogP contribution in [0.4, 0.5) is 39.5 Å². The molecular formula is C32H28Cl2F9SSiZr. The molecule has 46 heavy (non-hydrogen) atoms. The summed E-state index contributed by atoms with van der Waals surface area (Å²) in [6.45, 7) is 11.2. The van der Waals surface area contributed by atoms with Gasteiger partial charge in [-0.15, -0.1) is 45.9 Å². The molecule has 0 amide bonds. The van der Waals surface area contributed by atoms with Crippen molar-refractivity contribution in [2.45, 2.75) is 69.3 Å². The van der Waals surface area contributed by atoms with Gasteiger partial charge >= 0.3 is 44.7 Å². The summed E-state index contributed by atoms with van der Waals surface area (Å²) >= 11 is 1.96. The molecule has 14 heteroatoms. The van der Waals surface area contributed by atoms with Crippen LogP contribution in [-0.4, -0.2) is 26.6 Å². The van der Waals surface area contributed by atoms with Crippen LogP contribution in [0, 0.1) is 0 Å². The zero-order valence-corrected chi connectivity index (χ0v) is 30.9. The summed E-state index contributed by atoms with van der Waals surface area (Å²) < 4.78 is 120. The molecular weight excluding hydrogens is 778 g/mol. The van der Waals surface area contributed by atoms with E-state index in [1.165, 1.54) is 0 Å². The molecule has 0 nitrogen and oxygen atoms in total. The minimum absolute atomic E-state index is 0. The number of thiophene rings is 1. The Kier molecular flexibility index (Phi) is 11.9. The number of halogens is 11. The fraction of sp³-hybridized carbons (Fsp3) is 0.344. The molecule has 247 valence electrons. The number of hydrogen-bond donors (Lipinski definition) is 0. The third kappa shape index (κ3) is 6.12. The average Bonchev–Trinajstić information content (AvgIpc) is 3.59. The van der Waals surface area contributed by atoms with Gasteiger partial charge < -0.3 is 24.8 Å². The SMILES string of the molecule is CC(C)c1cc2c(-c3ccc(C(C(F)(F)F)(C(F)(F)F)C(F)(F)F)cc3)cccc2[cH-]1.CC1=C2c3ccsc3C1[Si]2(C)C.[Cl-].[Cl-].[Zr+3]. The molecule has 0 saturated heterocycles. The van der Waals surface area contributed by atoms with E-state index in [0.29, 0.717) is 10.9 Å². The zero-order valence-electron chi connectivity index (χ0n) is 25.1. The smallest absolute Gasteiger partial charge is 1.00 e. The van der Waals surface area contributed by atoms with Gasteiger partial charge in [-0.25, -0.2) is 0 Å². The van der Waals surface area contributed by atoms with Crippen molar-refractivity contribution in [3.05, 3.63) is 93.2 Å². The number of rotatable bonds is 3. The maximum atomic E-state index is 13.3. The molecule has 3 aliphatic rings. The van der Waals surface area contributed by atoms with Crippen molar-refractivity contribution in [1.82, 2.24) is 0 Å². The third-order valence-electron chi connectivity index (χ3n) is 8.76. The van der Waals surface area contributed by atoms with Gasteiger partial charge in [-0.2, -0.15) is 45.6 Å². The Balaban J connectivity index is 0.000000409. The molecule has 1 unspecified atom stereocenters. The van der Waals surface area contributed by atoms with E-state index < -0.39 is 37.6 Å². The molecule has 3 heterocycles. The van der Waals surface area contributed by atoms with Crippen LogP contribution in [0.5, 0.6) is 0 Å². The van der Waals surface area contributed by atoms with E-state index in [1.807, 2.05) is 37.3 Å². The topological polar surface area (TPSA) is 0 Å². The van der Waals surface area contributed by atoms with Crippen LogP contribution in [0.3, 0.4) is 0 Å². The maximum Gasteiger partial charge on any atom is 3.00 e. The number of fused-ring (bicyclic) bond motifs is 1. The number of allylic oxidation sites excluding steroid dienone is 1. The maximum absolute atomic E-state index is 13.3. The third-order valence-corrected chi connectivity index (χ3v) is 14.1. The van der Waals surface area contributed by atoms with Crippen molar-refractivity contribution in [3.8, 4) is 11.1 Å². The molecule has 4 aromatic rings. The Hall–Kier alpha value is -1.46. The molecule has 2 bridgehead atoms. The Morgan fingerprint density at radius 2 is 1.33 bits per heavy atom. The Labute approximate surface area is 297 Å². The van der Waals surface area contributed by atoms with Gasteiger partial charge in [0.25, 0.3) is 5.41 Å². The van der Waals surface area contributed by atoms with E-state index in [9.17, 15) is 39.5 Å². The minimum atomic E-state index is -6.64. The molecule has 0 spiro atoms. The molecule has 3 aromatic carbocycles. The van der Waals surface area contributed by atoms with E-state index in [2.05, 4.69) is 31.5 Å². The summed E-state index contributed by atoms with van der Waals surface area (Å²) in [6, 6.07) is 13.3. The molecule has 0 fully saturated rings. The summed E-state index contributed by atoms with van der Waals surface area (Å²) in [5.41, 5.74) is -2.05. The second-order valence-electron chi connectivity index (χ2n) is 12.0. The van der Waals surface area contributed by atoms with Gasteiger partial charge in [0.1, 0.15) is 0 Å². The molecule has 2 aliphatic heterocycles. The summed E-state index contributed by atoms with van der Waals surface area (Å²) in [7, 11) is -0.972. The predicted molar refractivity (Wildman–Crippen MR) is 156 cm³/mol. The quantitative estimate of drug-likeness (QED) is 0.142. The fourth-order valence-electron chi connectivity index (χ4n) is 6.81. The first-order valence-corrected chi connectivity index (χ1v) is 17.5. The Morgan fingerprint density at radius 3 is 1.78 bits per heavy atom. The summed E-state index contributed by atoms with van der Waals surface area (Å²) in [5, 5.41) is 5.52. The molecule has 7 rings (SSSR count). The van der Waals surface area contributed by atoms with Crippen molar-refractivity contribution in [2.24, 2.45) is 0 Å². The largest absolute Gasteiger partial charge is 3.00 e. The van der Waals surface area contributed by atoms with Crippen molar-refractivity contribution in [2.75, 3.05) is 0 Å². The van der Waals surface area contributed by atoms with Crippen molar-refractivity contribution in [3.63, 3.8) is 0 Å². The van der Waals surface area contributed by atoms with Crippen LogP contribution in [-0.2, 0) is 31.6 Å². The van der Waals surface area contributed by atoms with E-state index in [0.717, 1.165) is 28.6 Å². The first-order chi connectivity index (χ1) is 19.7. The van der Waals surface area contributed by atoms with Gasteiger partial charge in [0.05, 0.1) is 8.07 Å². The summed E-state index contributed by atoms with van der Waals surface area (Å²) in [5.74, 6) is 0.175. The molecule has 1 aliphatic carbocycles. The van der Waals surface area contributed by atoms with Crippen LogP contribution >= 0.6 is 11.3 Å². The normalized spacial score (nSPS) is 16.9. The van der Waals surface area contributed by atoms with E-state index in [1.54, 1.807) is 39.4 Å². The van der Waals surface area contributed by atoms with Gasteiger partial charge in [-0.3, -0.25) is 0 Å². The van der Waals surface area contributed by atoms with Crippen molar-refractivity contribution >= 4 is 35.4 Å². The van der Waals surface area contributed by atoms with Crippen LogP contribution in [0.2, 0.25) is 13.1 Å². The fourth-order valence-corrected chi connectivity index (χ4v) is 13.1. The van der Waals surface area contributed by atoms with Crippen molar-refractivity contribution < 1.29 is 90.5 Å². The molecule has 1 aromatic heterocycles. The molecule has 0 N–H and O–H groups in total. The van der Waals surface area contributed by atoms with Crippen LogP contribution in [0.25, 0.3) is 27.1 Å². The number of alkyl halides is 9. The first kappa shape index (κ1) is 40.7. The Bertz CT molecular complexity index is 1680. The Morgan fingerprint density at radius 1 is 0.783 bits per heavy atom. The van der Waals surface area contributed by atoms with E-state index in [4.69, 9.17) is 0 Å². The molecule has 0 saturated carbocycles. The van der Waals surface area contributed by atoms with Gasteiger partial charge in [0.15, 0.2) is 0 Å². The van der Waals surface area contributed by atoms with Gasteiger partial charge in [0.2, 0.25) is 0 Å². The summed E-state index contributed by atoms with van der Waals surface area (Å²) in [4.78, 5) is 1.68. The zero-order chi connectivity index (χ0) is 31.9. The second-order valence-corrected chi connectivity index (χ2v) is 17.5. The summed E-state index contributed by atoms with van der Waals surface area (Å²) in [6.07, 6.45) is -19.9. The second kappa shape index (κ2) is 13.4. The standard InChI is InChI=1S/C22H16F9.C10H12SSi.2ClH.Zr/c1-12(2)15-10-14-4-3-5-17(18(14)11-15)13-6-8-16(9-7-13)19(20(23,24)25,21(26,27)28)22(29,30)31;1-6-9-7-4-5-11-8(7)10(6)12(9,2)3;;;/h3-12H,1-2H3;4-5,10H,1-3H3;2*1H;/q-1;;;;+3/p-2. The molecule has 1 radical (unpaired) electrons. The number of hydrogen-bond acceptors (Lipinski definition) is 1. The minimum Gasteiger partial charge on any atom is -1.00 e. The monoisotopic (exact) mass is 803 g/mol. The number of benzene rings is 2. The first-order valence-electron chi connectivity index (χ1n) is 13.5. The van der Waals surface area contributed by atoms with Crippen LogP contribution in [0.15, 0.2) is 71.6 Å². The van der Waals surface area contributed by atoms with Crippen LogP contribution < -0.4 is 24.8 Å². The average molecular weight is 806 g/mol. The van der Waals surface area contributed by atoms with Crippen LogP contribution in [0.1, 0.15) is 53.8 Å². The predicted octanol–water partition coefficient (Wildman–Crippen LogP) is 5.70. The van der Waals surface area contributed by atoms with Gasteiger partial charge in [-0.05, 0) is 41.0 Å². The van der Waals surface area contributed by atoms with Gasteiger partial charge in [0, 0.05) is 10.4 Å². The van der Waals surface area contributed by atoms with E-state index >= 15 is 0 Å². The van der Waals surface area contributed by atoms with Crippen molar-refractivity contribution in [1.29, 1.82) is 0 Å².